The molecule has 0 aliphatic heterocycles. The van der Waals surface area contributed by atoms with Crippen LogP contribution in [0.2, 0.25) is 5.02 Å². The van der Waals surface area contributed by atoms with Crippen LogP contribution < -0.4 is 5.32 Å². The average molecular weight is 520 g/mol. The molecule has 2 aromatic carbocycles. The van der Waals surface area contributed by atoms with Gasteiger partial charge in [0.05, 0.1) is 27.5 Å². The van der Waals surface area contributed by atoms with E-state index in [0.717, 1.165) is 54.4 Å². The molecule has 1 aliphatic rings. The van der Waals surface area contributed by atoms with E-state index in [1.807, 2.05) is 25.1 Å². The van der Waals surface area contributed by atoms with Crippen LogP contribution >= 0.6 is 24.0 Å². The Morgan fingerprint density at radius 1 is 1.17 bits per heavy atom. The third-order valence-corrected chi connectivity index (χ3v) is 6.97. The van der Waals surface area contributed by atoms with Crippen molar-refractivity contribution in [3.8, 4) is 16.9 Å². The molecule has 0 atom stereocenters. The number of aromatic nitrogens is 1. The van der Waals surface area contributed by atoms with Crippen molar-refractivity contribution in [3.05, 3.63) is 52.4 Å². The standard InChI is InChI=1S/C27H31ClFN3O2.ClH/c1-15-25(16(2)33)26(31-20-8-5-17(6-9-20)14-32(3)4)21-11-18(7-10-24(21)30-15)19-12-22(28)27(34)23(29)13-19;/h7,10-13,17,20,34H,5-6,8-9,14H2,1-4H3,(H,30,31);1H/t17-,20-;. The largest absolute Gasteiger partial charge is 0.504 e. The number of benzene rings is 2. The fraction of sp³-hybridized carbons (Fsp3) is 0.407. The number of phenols is 1. The van der Waals surface area contributed by atoms with Crippen LogP contribution in [0.25, 0.3) is 22.0 Å². The molecule has 1 aromatic heterocycles. The van der Waals surface area contributed by atoms with Crippen LogP contribution in [0.3, 0.4) is 0 Å². The molecular weight excluding hydrogens is 488 g/mol. The summed E-state index contributed by atoms with van der Waals surface area (Å²) in [6.45, 7) is 4.52. The van der Waals surface area contributed by atoms with Crippen molar-refractivity contribution >= 4 is 46.4 Å². The highest BCUT2D eigenvalue weighted by Gasteiger charge is 2.25. The number of ketones is 1. The number of nitrogens with zero attached hydrogens (tertiary/aromatic N) is 2. The molecule has 0 amide bonds. The predicted molar refractivity (Wildman–Crippen MR) is 144 cm³/mol. The van der Waals surface area contributed by atoms with E-state index in [1.54, 1.807) is 6.92 Å². The molecule has 3 aromatic rings. The van der Waals surface area contributed by atoms with E-state index in [0.29, 0.717) is 22.7 Å². The zero-order valence-corrected chi connectivity index (χ0v) is 22.1. The van der Waals surface area contributed by atoms with Crippen LogP contribution in [0.1, 0.15) is 48.7 Å². The summed E-state index contributed by atoms with van der Waals surface area (Å²) in [5.41, 5.74) is 4.11. The summed E-state index contributed by atoms with van der Waals surface area (Å²) in [6.07, 6.45) is 4.36. The number of aromatic hydroxyl groups is 1. The van der Waals surface area contributed by atoms with Crippen LogP contribution in [0.15, 0.2) is 30.3 Å². The van der Waals surface area contributed by atoms with Gasteiger partial charge in [0.1, 0.15) is 0 Å². The number of aryl methyl sites for hydroxylation is 1. The first-order valence-electron chi connectivity index (χ1n) is 11.7. The number of rotatable bonds is 6. The zero-order chi connectivity index (χ0) is 24.6. The maximum Gasteiger partial charge on any atom is 0.170 e. The van der Waals surface area contributed by atoms with E-state index in [9.17, 15) is 14.3 Å². The molecule has 1 saturated carbocycles. The fourth-order valence-corrected chi connectivity index (χ4v) is 5.30. The highest BCUT2D eigenvalue weighted by molar-refractivity contribution is 6.32. The molecule has 0 saturated heterocycles. The summed E-state index contributed by atoms with van der Waals surface area (Å²) < 4.78 is 14.2. The van der Waals surface area contributed by atoms with E-state index in [4.69, 9.17) is 11.6 Å². The molecule has 4 rings (SSSR count). The maximum absolute atomic E-state index is 14.2. The van der Waals surface area contributed by atoms with E-state index in [-0.39, 0.29) is 29.3 Å². The highest BCUT2D eigenvalue weighted by atomic mass is 35.5. The van der Waals surface area contributed by atoms with Gasteiger partial charge in [-0.25, -0.2) is 4.39 Å². The van der Waals surface area contributed by atoms with E-state index in [2.05, 4.69) is 29.3 Å². The van der Waals surface area contributed by atoms with Gasteiger partial charge >= 0.3 is 0 Å². The number of hydrogen-bond donors (Lipinski definition) is 2. The summed E-state index contributed by atoms with van der Waals surface area (Å²) in [4.78, 5) is 19.6. The Bertz CT molecular complexity index is 1220. The molecule has 0 radical (unpaired) electrons. The fourth-order valence-electron chi connectivity index (χ4n) is 5.09. The summed E-state index contributed by atoms with van der Waals surface area (Å²) in [6, 6.07) is 8.70. The van der Waals surface area contributed by atoms with Gasteiger partial charge in [0.15, 0.2) is 17.3 Å². The molecule has 0 spiro atoms. The molecule has 0 unspecified atom stereocenters. The lowest BCUT2D eigenvalue weighted by Crippen LogP contribution is -2.31. The minimum atomic E-state index is -0.776. The Balaban J connectivity index is 0.00000342. The van der Waals surface area contributed by atoms with Gasteiger partial charge < -0.3 is 15.3 Å². The number of fused-ring (bicyclic) bond motifs is 1. The Labute approximate surface area is 217 Å². The molecule has 188 valence electrons. The normalized spacial score (nSPS) is 17.9. The molecule has 35 heavy (non-hydrogen) atoms. The van der Waals surface area contributed by atoms with Crippen LogP contribution in [0.4, 0.5) is 10.1 Å². The summed E-state index contributed by atoms with van der Waals surface area (Å²) >= 11 is 6.02. The smallest absolute Gasteiger partial charge is 0.170 e. The van der Waals surface area contributed by atoms with Crippen LogP contribution in [-0.4, -0.2) is 47.5 Å². The number of anilines is 1. The number of nitrogens with one attached hydrogen (secondary N) is 1. The van der Waals surface area contributed by atoms with Crippen molar-refractivity contribution in [1.29, 1.82) is 0 Å². The van der Waals surface area contributed by atoms with Gasteiger partial charge in [0.2, 0.25) is 0 Å². The quantitative estimate of drug-likeness (QED) is 0.348. The van der Waals surface area contributed by atoms with Crippen molar-refractivity contribution in [1.82, 2.24) is 9.88 Å². The van der Waals surface area contributed by atoms with E-state index >= 15 is 0 Å². The Hall–Kier alpha value is -2.41. The van der Waals surface area contributed by atoms with Crippen molar-refractivity contribution in [2.75, 3.05) is 26.0 Å². The number of pyridine rings is 1. The summed E-state index contributed by atoms with van der Waals surface area (Å²) in [5, 5.41) is 14.2. The lowest BCUT2D eigenvalue weighted by atomic mass is 9.85. The second-order valence-corrected chi connectivity index (χ2v) is 10.1. The molecule has 1 aliphatic carbocycles. The monoisotopic (exact) mass is 519 g/mol. The lowest BCUT2D eigenvalue weighted by Gasteiger charge is -2.32. The van der Waals surface area contributed by atoms with Gasteiger partial charge in [0, 0.05) is 18.0 Å². The van der Waals surface area contributed by atoms with Gasteiger partial charge in [-0.3, -0.25) is 9.78 Å². The zero-order valence-electron chi connectivity index (χ0n) is 20.5. The number of phenolic OH excluding ortho intramolecular Hbond substituents is 1. The van der Waals surface area contributed by atoms with E-state index < -0.39 is 11.6 Å². The van der Waals surface area contributed by atoms with Gasteiger partial charge in [-0.15, -0.1) is 12.4 Å². The number of Topliss-reactive ketones (excluding diaryl/α,β-unsaturated/α-hetero) is 1. The van der Waals surface area contributed by atoms with Crippen LogP contribution in [0, 0.1) is 18.7 Å². The average Bonchev–Trinajstić information content (AvgIpc) is 2.77. The first-order chi connectivity index (χ1) is 16.1. The SMILES string of the molecule is CC(=O)c1c(C)nc2ccc(-c3cc(F)c(O)c(Cl)c3)cc2c1N[C@H]1CC[C@H](CN(C)C)CC1.Cl. The Morgan fingerprint density at radius 2 is 1.86 bits per heavy atom. The number of carbonyl (C=O) groups excluding carboxylic acids is 1. The van der Waals surface area contributed by atoms with Crippen molar-refractivity contribution in [2.45, 2.75) is 45.6 Å². The van der Waals surface area contributed by atoms with Gasteiger partial charge in [-0.1, -0.05) is 17.7 Å². The van der Waals surface area contributed by atoms with E-state index in [1.165, 1.54) is 12.1 Å². The maximum atomic E-state index is 14.2. The molecule has 2 N–H and O–H groups in total. The predicted octanol–water partition coefficient (Wildman–Crippen LogP) is 6.87. The molecule has 0 bridgehead atoms. The first-order valence-corrected chi connectivity index (χ1v) is 12.1. The molecule has 1 fully saturated rings. The van der Waals surface area contributed by atoms with Gasteiger partial charge in [-0.05, 0) is 94.9 Å². The number of hydrogen-bond acceptors (Lipinski definition) is 5. The first kappa shape index (κ1) is 27.2. The summed E-state index contributed by atoms with van der Waals surface area (Å²) in [5.74, 6) is -0.687. The van der Waals surface area contributed by atoms with Crippen LogP contribution in [0.5, 0.6) is 5.75 Å². The lowest BCUT2D eigenvalue weighted by molar-refractivity contribution is 0.101. The van der Waals surface area contributed by atoms with Crippen molar-refractivity contribution in [2.24, 2.45) is 5.92 Å². The molecular formula is C27H32Cl2FN3O2. The highest BCUT2D eigenvalue weighted by Crippen LogP contribution is 2.37. The number of halogens is 3. The minimum absolute atomic E-state index is 0. The Morgan fingerprint density at radius 3 is 2.46 bits per heavy atom. The number of carbonyl (C=O) groups is 1. The van der Waals surface area contributed by atoms with Gasteiger partial charge in [0.25, 0.3) is 0 Å². The Kier molecular flexibility index (Phi) is 8.63. The van der Waals surface area contributed by atoms with Crippen LogP contribution in [-0.2, 0) is 0 Å². The summed E-state index contributed by atoms with van der Waals surface area (Å²) in [7, 11) is 4.22. The molecule has 5 nitrogen and oxygen atoms in total. The topological polar surface area (TPSA) is 65.5 Å². The third kappa shape index (κ3) is 5.88. The molecule has 8 heteroatoms. The van der Waals surface area contributed by atoms with Gasteiger partial charge in [-0.2, -0.15) is 0 Å². The minimum Gasteiger partial charge on any atom is -0.504 e. The van der Waals surface area contributed by atoms with Crippen molar-refractivity contribution < 1.29 is 14.3 Å². The second kappa shape index (κ2) is 11.1. The third-order valence-electron chi connectivity index (χ3n) is 6.69. The second-order valence-electron chi connectivity index (χ2n) is 9.65. The molecule has 1 heterocycles. The van der Waals surface area contributed by atoms with Crippen molar-refractivity contribution in [3.63, 3.8) is 0 Å².